The summed E-state index contributed by atoms with van der Waals surface area (Å²) in [6.07, 6.45) is 0.488. The standard InChI is InChI=1S/C23H23NO4/c1-3-27-22(25)20-16(2)21(23(26)28-15-18-12-8-5-9-13-18)24-19(20)14-17-10-6-4-7-11-17/h4-13,24H,3,14-15H2,1-2H3. The van der Waals surface area contributed by atoms with Crippen molar-refractivity contribution in [3.63, 3.8) is 0 Å². The third-order valence-electron chi connectivity index (χ3n) is 4.45. The van der Waals surface area contributed by atoms with Crippen LogP contribution in [-0.2, 0) is 22.5 Å². The van der Waals surface area contributed by atoms with Gasteiger partial charge in [-0.3, -0.25) is 0 Å². The number of aromatic nitrogens is 1. The number of rotatable bonds is 7. The minimum Gasteiger partial charge on any atom is -0.462 e. The van der Waals surface area contributed by atoms with Gasteiger partial charge in [0.25, 0.3) is 0 Å². The molecule has 5 heteroatoms. The topological polar surface area (TPSA) is 68.4 Å². The lowest BCUT2D eigenvalue weighted by Crippen LogP contribution is -2.09. The van der Waals surface area contributed by atoms with Gasteiger partial charge in [0, 0.05) is 12.1 Å². The monoisotopic (exact) mass is 377 g/mol. The van der Waals surface area contributed by atoms with Gasteiger partial charge in [0.1, 0.15) is 12.3 Å². The van der Waals surface area contributed by atoms with Crippen molar-refractivity contribution in [2.45, 2.75) is 26.9 Å². The van der Waals surface area contributed by atoms with Crippen molar-refractivity contribution in [2.75, 3.05) is 6.61 Å². The average Bonchev–Trinajstić information content (AvgIpc) is 3.04. The fourth-order valence-electron chi connectivity index (χ4n) is 3.07. The van der Waals surface area contributed by atoms with E-state index in [-0.39, 0.29) is 18.9 Å². The Hall–Kier alpha value is -3.34. The zero-order valence-electron chi connectivity index (χ0n) is 16.0. The first-order valence-electron chi connectivity index (χ1n) is 9.23. The first-order valence-corrected chi connectivity index (χ1v) is 9.23. The molecule has 3 aromatic rings. The van der Waals surface area contributed by atoms with Crippen LogP contribution in [0.4, 0.5) is 0 Å². The van der Waals surface area contributed by atoms with Crippen molar-refractivity contribution >= 4 is 11.9 Å². The quantitative estimate of drug-likeness (QED) is 0.618. The van der Waals surface area contributed by atoms with Gasteiger partial charge in [0.2, 0.25) is 0 Å². The van der Waals surface area contributed by atoms with E-state index in [9.17, 15) is 9.59 Å². The molecule has 3 rings (SSSR count). The summed E-state index contributed by atoms with van der Waals surface area (Å²) in [5, 5.41) is 0. The van der Waals surface area contributed by atoms with E-state index < -0.39 is 11.9 Å². The van der Waals surface area contributed by atoms with E-state index in [0.717, 1.165) is 11.1 Å². The molecule has 0 atom stereocenters. The first-order chi connectivity index (χ1) is 13.6. The van der Waals surface area contributed by atoms with Crippen LogP contribution in [0.3, 0.4) is 0 Å². The van der Waals surface area contributed by atoms with E-state index in [0.29, 0.717) is 23.2 Å². The summed E-state index contributed by atoms with van der Waals surface area (Å²) < 4.78 is 10.6. The molecule has 0 bridgehead atoms. The van der Waals surface area contributed by atoms with Crippen LogP contribution < -0.4 is 0 Å². The summed E-state index contributed by atoms with van der Waals surface area (Å²) in [5.41, 5.74) is 3.80. The number of carbonyl (C=O) groups is 2. The molecule has 0 aliphatic rings. The smallest absolute Gasteiger partial charge is 0.355 e. The lowest BCUT2D eigenvalue weighted by molar-refractivity contribution is 0.0465. The predicted octanol–water partition coefficient (Wildman–Crippen LogP) is 4.45. The molecule has 0 amide bonds. The van der Waals surface area contributed by atoms with Gasteiger partial charge in [-0.05, 0) is 30.5 Å². The van der Waals surface area contributed by atoms with Crippen molar-refractivity contribution in [1.29, 1.82) is 0 Å². The zero-order valence-corrected chi connectivity index (χ0v) is 16.0. The van der Waals surface area contributed by atoms with Crippen LogP contribution in [-0.4, -0.2) is 23.5 Å². The first kappa shape index (κ1) is 19.4. The largest absolute Gasteiger partial charge is 0.462 e. The lowest BCUT2D eigenvalue weighted by atomic mass is 10.0. The second kappa shape index (κ2) is 9.04. The Balaban J connectivity index is 1.87. The zero-order chi connectivity index (χ0) is 19.9. The molecule has 0 unspecified atom stereocenters. The third kappa shape index (κ3) is 4.49. The van der Waals surface area contributed by atoms with Gasteiger partial charge >= 0.3 is 11.9 Å². The number of esters is 2. The van der Waals surface area contributed by atoms with Gasteiger partial charge in [-0.25, -0.2) is 9.59 Å². The molecule has 1 N–H and O–H groups in total. The molecule has 0 spiro atoms. The maximum atomic E-state index is 12.6. The number of hydrogen-bond acceptors (Lipinski definition) is 4. The Morgan fingerprint density at radius 3 is 2.07 bits per heavy atom. The molecule has 2 aromatic carbocycles. The normalized spacial score (nSPS) is 10.5. The van der Waals surface area contributed by atoms with Gasteiger partial charge in [-0.1, -0.05) is 60.7 Å². The molecule has 0 saturated carbocycles. The number of aromatic amines is 1. The Labute approximate surface area is 164 Å². The number of benzene rings is 2. The fraction of sp³-hybridized carbons (Fsp3) is 0.217. The number of ether oxygens (including phenoxy) is 2. The average molecular weight is 377 g/mol. The van der Waals surface area contributed by atoms with E-state index in [4.69, 9.17) is 9.47 Å². The van der Waals surface area contributed by atoms with Gasteiger partial charge in [0.15, 0.2) is 0 Å². The molecular weight excluding hydrogens is 354 g/mol. The molecule has 5 nitrogen and oxygen atoms in total. The van der Waals surface area contributed by atoms with Crippen LogP contribution in [0.15, 0.2) is 60.7 Å². The van der Waals surface area contributed by atoms with Crippen molar-refractivity contribution in [1.82, 2.24) is 4.98 Å². The van der Waals surface area contributed by atoms with Crippen LogP contribution in [0.5, 0.6) is 0 Å². The molecule has 0 saturated heterocycles. The van der Waals surface area contributed by atoms with Crippen LogP contribution in [0.25, 0.3) is 0 Å². The SMILES string of the molecule is CCOC(=O)c1c(Cc2ccccc2)[nH]c(C(=O)OCc2ccccc2)c1C. The Morgan fingerprint density at radius 1 is 0.857 bits per heavy atom. The second-order valence-electron chi connectivity index (χ2n) is 6.42. The second-order valence-corrected chi connectivity index (χ2v) is 6.42. The van der Waals surface area contributed by atoms with Crippen LogP contribution >= 0.6 is 0 Å². The van der Waals surface area contributed by atoms with Crippen molar-refractivity contribution in [2.24, 2.45) is 0 Å². The fourth-order valence-corrected chi connectivity index (χ4v) is 3.07. The minimum atomic E-state index is -0.494. The van der Waals surface area contributed by atoms with Gasteiger partial charge < -0.3 is 14.5 Å². The van der Waals surface area contributed by atoms with Gasteiger partial charge in [0.05, 0.1) is 12.2 Å². The van der Waals surface area contributed by atoms with Gasteiger partial charge in [-0.2, -0.15) is 0 Å². The summed E-state index contributed by atoms with van der Waals surface area (Å²) in [7, 11) is 0. The van der Waals surface area contributed by atoms with E-state index in [1.165, 1.54) is 0 Å². The van der Waals surface area contributed by atoms with Crippen LogP contribution in [0, 0.1) is 6.92 Å². The summed E-state index contributed by atoms with van der Waals surface area (Å²) in [6.45, 7) is 3.92. The predicted molar refractivity (Wildman–Crippen MR) is 106 cm³/mol. The summed E-state index contributed by atoms with van der Waals surface area (Å²) >= 11 is 0. The number of carbonyl (C=O) groups excluding carboxylic acids is 2. The highest BCUT2D eigenvalue weighted by Gasteiger charge is 2.25. The molecule has 28 heavy (non-hydrogen) atoms. The highest BCUT2D eigenvalue weighted by Crippen LogP contribution is 2.23. The maximum absolute atomic E-state index is 12.6. The van der Waals surface area contributed by atoms with Crippen molar-refractivity contribution in [3.8, 4) is 0 Å². The highest BCUT2D eigenvalue weighted by atomic mass is 16.5. The maximum Gasteiger partial charge on any atom is 0.355 e. The van der Waals surface area contributed by atoms with Gasteiger partial charge in [-0.15, -0.1) is 0 Å². The Bertz CT molecular complexity index is 945. The number of H-pyrrole nitrogens is 1. The molecule has 144 valence electrons. The summed E-state index contributed by atoms with van der Waals surface area (Å²) in [6, 6.07) is 19.2. The molecule has 1 heterocycles. The highest BCUT2D eigenvalue weighted by molar-refractivity contribution is 5.98. The number of nitrogens with one attached hydrogen (secondary N) is 1. The van der Waals surface area contributed by atoms with Crippen LogP contribution in [0.1, 0.15) is 50.2 Å². The number of hydrogen-bond donors (Lipinski definition) is 1. The summed E-state index contributed by atoms with van der Waals surface area (Å²) in [5.74, 6) is -0.935. The van der Waals surface area contributed by atoms with Crippen molar-refractivity contribution in [3.05, 3.63) is 94.3 Å². The Morgan fingerprint density at radius 2 is 1.46 bits per heavy atom. The van der Waals surface area contributed by atoms with Crippen molar-refractivity contribution < 1.29 is 19.1 Å². The van der Waals surface area contributed by atoms with E-state index in [2.05, 4.69) is 4.98 Å². The van der Waals surface area contributed by atoms with E-state index in [1.807, 2.05) is 60.7 Å². The molecule has 0 aliphatic carbocycles. The lowest BCUT2D eigenvalue weighted by Gasteiger charge is -2.05. The Kier molecular flexibility index (Phi) is 6.27. The third-order valence-corrected chi connectivity index (χ3v) is 4.45. The van der Waals surface area contributed by atoms with Crippen LogP contribution in [0.2, 0.25) is 0 Å². The minimum absolute atomic E-state index is 0.168. The van der Waals surface area contributed by atoms with E-state index >= 15 is 0 Å². The molecule has 0 radical (unpaired) electrons. The van der Waals surface area contributed by atoms with E-state index in [1.54, 1.807) is 13.8 Å². The molecular formula is C23H23NO4. The molecule has 0 aliphatic heterocycles. The summed E-state index contributed by atoms with van der Waals surface area (Å²) in [4.78, 5) is 28.2. The molecule has 1 aromatic heterocycles. The molecule has 0 fully saturated rings.